The molecule has 1 aromatic rings. The van der Waals surface area contributed by atoms with E-state index in [4.69, 9.17) is 5.11 Å². The molecule has 0 aromatic carbocycles. The minimum Gasteiger partial charge on any atom is -0.481 e. The largest absolute Gasteiger partial charge is 0.481 e. The van der Waals surface area contributed by atoms with Crippen LogP contribution in [-0.4, -0.2) is 45.1 Å². The molecule has 1 fully saturated rings. The maximum atomic E-state index is 10.9. The molecule has 108 valence electrons. The van der Waals surface area contributed by atoms with Crippen LogP contribution in [0, 0.1) is 17.0 Å². The van der Waals surface area contributed by atoms with Crippen LogP contribution in [0.5, 0.6) is 0 Å². The number of aryl methyl sites for hydroxylation is 1. The van der Waals surface area contributed by atoms with Crippen LogP contribution in [-0.2, 0) is 4.79 Å². The van der Waals surface area contributed by atoms with E-state index in [0.29, 0.717) is 17.9 Å². The van der Waals surface area contributed by atoms with Gasteiger partial charge in [-0.1, -0.05) is 0 Å². The molecule has 0 spiro atoms. The van der Waals surface area contributed by atoms with Crippen LogP contribution in [0.15, 0.2) is 12.3 Å². The van der Waals surface area contributed by atoms with Gasteiger partial charge in [-0.25, -0.2) is 4.98 Å². The highest BCUT2D eigenvalue weighted by Crippen LogP contribution is 2.27. The molecule has 1 atom stereocenters. The molecule has 1 aliphatic rings. The van der Waals surface area contributed by atoms with Crippen molar-refractivity contribution in [1.29, 1.82) is 0 Å². The van der Waals surface area contributed by atoms with Gasteiger partial charge < -0.3 is 10.0 Å². The molecule has 1 aliphatic heterocycles. The SMILES string of the molecule is Cc1cc(N2CCSCC2CC(=O)O)ncc1[N+](=O)[O-]. The summed E-state index contributed by atoms with van der Waals surface area (Å²) in [5, 5.41) is 19.7. The van der Waals surface area contributed by atoms with Crippen LogP contribution in [0.2, 0.25) is 0 Å². The van der Waals surface area contributed by atoms with Crippen molar-refractivity contribution in [2.75, 3.05) is 23.0 Å². The minimum atomic E-state index is -0.846. The van der Waals surface area contributed by atoms with E-state index in [9.17, 15) is 14.9 Å². The number of anilines is 1. The van der Waals surface area contributed by atoms with Crippen molar-refractivity contribution >= 4 is 29.2 Å². The van der Waals surface area contributed by atoms with E-state index < -0.39 is 10.9 Å². The van der Waals surface area contributed by atoms with Crippen LogP contribution < -0.4 is 4.90 Å². The second-order valence-electron chi connectivity index (χ2n) is 4.61. The standard InChI is InChI=1S/C12H15N3O4S/c1-8-4-11(13-6-10(8)15(18)19)14-2-3-20-7-9(14)5-12(16)17/h4,6,9H,2-3,5,7H2,1H3,(H,16,17). The number of hydrogen-bond donors (Lipinski definition) is 1. The smallest absolute Gasteiger partial charge is 0.305 e. The first kappa shape index (κ1) is 14.6. The summed E-state index contributed by atoms with van der Waals surface area (Å²) in [7, 11) is 0. The monoisotopic (exact) mass is 297 g/mol. The fourth-order valence-electron chi connectivity index (χ4n) is 2.21. The van der Waals surface area contributed by atoms with Gasteiger partial charge in [-0.3, -0.25) is 14.9 Å². The van der Waals surface area contributed by atoms with Crippen molar-refractivity contribution in [2.45, 2.75) is 19.4 Å². The summed E-state index contributed by atoms with van der Waals surface area (Å²) in [5.41, 5.74) is 0.516. The highest BCUT2D eigenvalue weighted by molar-refractivity contribution is 7.99. The molecule has 0 saturated carbocycles. The third kappa shape index (κ3) is 3.19. The molecule has 20 heavy (non-hydrogen) atoms. The van der Waals surface area contributed by atoms with E-state index in [-0.39, 0.29) is 18.2 Å². The van der Waals surface area contributed by atoms with Crippen molar-refractivity contribution in [3.63, 3.8) is 0 Å². The zero-order valence-electron chi connectivity index (χ0n) is 11.0. The van der Waals surface area contributed by atoms with Gasteiger partial charge in [0.2, 0.25) is 0 Å². The zero-order chi connectivity index (χ0) is 14.7. The highest BCUT2D eigenvalue weighted by atomic mass is 32.2. The molecule has 1 unspecified atom stereocenters. The van der Waals surface area contributed by atoms with Gasteiger partial charge in [0, 0.05) is 29.7 Å². The van der Waals surface area contributed by atoms with Crippen LogP contribution in [0.4, 0.5) is 11.5 Å². The lowest BCUT2D eigenvalue weighted by Crippen LogP contribution is -2.44. The molecule has 2 rings (SSSR count). The van der Waals surface area contributed by atoms with E-state index in [1.807, 2.05) is 4.90 Å². The first-order chi connectivity index (χ1) is 9.49. The number of nitro groups is 1. The topological polar surface area (TPSA) is 96.6 Å². The molecule has 1 saturated heterocycles. The van der Waals surface area contributed by atoms with Crippen LogP contribution in [0.25, 0.3) is 0 Å². The Hall–Kier alpha value is -1.83. The third-order valence-corrected chi connectivity index (χ3v) is 4.29. The van der Waals surface area contributed by atoms with Crippen molar-refractivity contribution in [1.82, 2.24) is 4.98 Å². The molecule has 2 heterocycles. The first-order valence-electron chi connectivity index (χ1n) is 6.16. The summed E-state index contributed by atoms with van der Waals surface area (Å²) in [4.78, 5) is 27.3. The summed E-state index contributed by atoms with van der Waals surface area (Å²) in [5.74, 6) is 1.39. The predicted molar refractivity (Wildman–Crippen MR) is 76.3 cm³/mol. The van der Waals surface area contributed by atoms with Gasteiger partial charge in [-0.2, -0.15) is 11.8 Å². The lowest BCUT2D eigenvalue weighted by Gasteiger charge is -2.35. The molecule has 0 bridgehead atoms. The fourth-order valence-corrected chi connectivity index (χ4v) is 3.27. The molecule has 0 radical (unpaired) electrons. The Morgan fingerprint density at radius 2 is 2.45 bits per heavy atom. The molecule has 0 amide bonds. The van der Waals surface area contributed by atoms with Crippen LogP contribution in [0.3, 0.4) is 0 Å². The van der Waals surface area contributed by atoms with Gasteiger partial charge in [0.05, 0.1) is 11.3 Å². The molecular weight excluding hydrogens is 282 g/mol. The highest BCUT2D eigenvalue weighted by Gasteiger charge is 2.27. The van der Waals surface area contributed by atoms with Crippen LogP contribution in [0.1, 0.15) is 12.0 Å². The Labute approximate surface area is 120 Å². The second kappa shape index (κ2) is 6.08. The maximum absolute atomic E-state index is 10.9. The second-order valence-corrected chi connectivity index (χ2v) is 5.76. The number of carboxylic acids is 1. The van der Waals surface area contributed by atoms with Gasteiger partial charge in [0.15, 0.2) is 0 Å². The number of aromatic nitrogens is 1. The van der Waals surface area contributed by atoms with E-state index in [1.165, 1.54) is 6.20 Å². The Bertz CT molecular complexity index is 537. The predicted octanol–water partition coefficient (Wildman–Crippen LogP) is 1.69. The Morgan fingerprint density at radius 1 is 1.70 bits per heavy atom. The van der Waals surface area contributed by atoms with Crippen molar-refractivity contribution in [3.8, 4) is 0 Å². The number of rotatable bonds is 4. The summed E-state index contributed by atoms with van der Waals surface area (Å²) < 4.78 is 0. The average Bonchev–Trinajstić information content (AvgIpc) is 2.38. The molecule has 7 nitrogen and oxygen atoms in total. The van der Waals surface area contributed by atoms with E-state index >= 15 is 0 Å². The lowest BCUT2D eigenvalue weighted by atomic mass is 10.1. The summed E-state index contributed by atoms with van der Waals surface area (Å²) in [6.45, 7) is 2.36. The summed E-state index contributed by atoms with van der Waals surface area (Å²) >= 11 is 1.71. The van der Waals surface area contributed by atoms with E-state index in [1.54, 1.807) is 24.8 Å². The number of nitrogens with zero attached hydrogens (tertiary/aromatic N) is 3. The van der Waals surface area contributed by atoms with Gasteiger partial charge in [-0.05, 0) is 13.0 Å². The van der Waals surface area contributed by atoms with Gasteiger partial charge in [-0.15, -0.1) is 0 Å². The number of hydrogen-bond acceptors (Lipinski definition) is 6. The van der Waals surface area contributed by atoms with Crippen molar-refractivity contribution < 1.29 is 14.8 Å². The number of thioether (sulfide) groups is 1. The number of aliphatic carboxylic acids is 1. The van der Waals surface area contributed by atoms with Gasteiger partial charge in [0.1, 0.15) is 12.0 Å². The normalized spacial score (nSPS) is 18.9. The molecule has 1 N–H and O–H groups in total. The molecule has 8 heteroatoms. The van der Waals surface area contributed by atoms with E-state index in [0.717, 1.165) is 11.5 Å². The summed E-state index contributed by atoms with van der Waals surface area (Å²) in [6.07, 6.45) is 1.29. The Kier molecular flexibility index (Phi) is 4.43. The Morgan fingerprint density at radius 3 is 3.05 bits per heavy atom. The van der Waals surface area contributed by atoms with Crippen LogP contribution >= 0.6 is 11.8 Å². The maximum Gasteiger partial charge on any atom is 0.305 e. The van der Waals surface area contributed by atoms with Crippen molar-refractivity contribution in [3.05, 3.63) is 27.9 Å². The quantitative estimate of drug-likeness (QED) is 0.667. The molecular formula is C12H15N3O4S. The molecule has 1 aromatic heterocycles. The Balaban J connectivity index is 2.26. The van der Waals surface area contributed by atoms with E-state index in [2.05, 4.69) is 4.98 Å². The summed E-state index contributed by atoms with van der Waals surface area (Å²) in [6, 6.07) is 1.53. The van der Waals surface area contributed by atoms with Gasteiger partial charge in [0.25, 0.3) is 5.69 Å². The first-order valence-corrected chi connectivity index (χ1v) is 7.31. The molecule has 0 aliphatic carbocycles. The fraction of sp³-hybridized carbons (Fsp3) is 0.500. The lowest BCUT2D eigenvalue weighted by molar-refractivity contribution is -0.385. The number of carboxylic acid groups (broad SMARTS) is 1. The van der Waals surface area contributed by atoms with Gasteiger partial charge >= 0.3 is 5.97 Å². The van der Waals surface area contributed by atoms with Crippen molar-refractivity contribution in [2.24, 2.45) is 0 Å². The third-order valence-electron chi connectivity index (χ3n) is 3.20. The number of carbonyl (C=O) groups is 1. The number of pyridine rings is 1. The zero-order valence-corrected chi connectivity index (χ0v) is 11.8. The minimum absolute atomic E-state index is 0.0186. The average molecular weight is 297 g/mol.